The smallest absolute Gasteiger partial charge is 0.321 e. The molecule has 0 bridgehead atoms. The van der Waals surface area contributed by atoms with E-state index in [1.165, 1.54) is 18.2 Å². The highest BCUT2D eigenvalue weighted by Crippen LogP contribution is 2.34. The average molecular weight is 422 g/mol. The summed E-state index contributed by atoms with van der Waals surface area (Å²) >= 11 is 0. The van der Waals surface area contributed by atoms with E-state index in [0.717, 1.165) is 28.4 Å². The highest BCUT2D eigenvalue weighted by Gasteiger charge is 2.33. The molecule has 3 N–H and O–H groups in total. The summed E-state index contributed by atoms with van der Waals surface area (Å²) < 4.78 is 39.3. The van der Waals surface area contributed by atoms with Gasteiger partial charge in [0, 0.05) is 5.69 Å². The molecule has 0 heterocycles. The van der Waals surface area contributed by atoms with Crippen LogP contribution in [-0.2, 0) is 15.8 Å². The van der Waals surface area contributed by atoms with E-state index in [1.807, 2.05) is 39.8 Å². The Balaban J connectivity index is 2.01. The number of hydrogen-bond donors (Lipinski definition) is 3. The number of benzene rings is 2. The highest BCUT2D eigenvalue weighted by atomic mass is 19.4. The van der Waals surface area contributed by atoms with Crippen molar-refractivity contribution < 1.29 is 27.7 Å². The highest BCUT2D eigenvalue weighted by molar-refractivity contribution is 5.94. The van der Waals surface area contributed by atoms with E-state index in [4.69, 9.17) is 0 Å². The molecule has 162 valence electrons. The monoisotopic (exact) mass is 422 g/mol. The number of quaternary nitrogens is 1. The van der Waals surface area contributed by atoms with Crippen molar-refractivity contribution in [1.82, 2.24) is 0 Å². The first-order valence-electron chi connectivity index (χ1n) is 9.68. The molecule has 1 atom stereocenters. The molecule has 2 aromatic carbocycles. The number of halogens is 3. The summed E-state index contributed by atoms with van der Waals surface area (Å²) in [5, 5.41) is 5.20. The van der Waals surface area contributed by atoms with Gasteiger partial charge < -0.3 is 15.5 Å². The fraction of sp³-hybridized carbons (Fsp3) is 0.364. The molecule has 2 rings (SSSR count). The molecule has 0 aliphatic rings. The maximum Gasteiger partial charge on any atom is 0.418 e. The molecule has 0 radical (unpaired) electrons. The van der Waals surface area contributed by atoms with Crippen molar-refractivity contribution in [2.45, 2.75) is 33.9 Å². The SMILES string of the molecule is CC[NH+](CC(=O)Nc1ccccc1C(F)(F)F)CC(=O)Nc1c(C)cc(C)cc1C. The Labute approximate surface area is 174 Å². The summed E-state index contributed by atoms with van der Waals surface area (Å²) in [4.78, 5) is 25.4. The minimum absolute atomic E-state index is 0.0254. The number of aryl methyl sites for hydroxylation is 3. The molecule has 0 saturated carbocycles. The first kappa shape index (κ1) is 23.4. The van der Waals surface area contributed by atoms with Gasteiger partial charge in [-0.15, -0.1) is 0 Å². The standard InChI is InChI=1S/C22H26F3N3O2/c1-5-28(13-20(30)27-21-15(3)10-14(2)11-16(21)4)12-19(29)26-18-9-7-6-8-17(18)22(23,24)25/h6-11H,5,12-13H2,1-4H3,(H,26,29)(H,27,30)/p+1. The van der Waals surface area contributed by atoms with Gasteiger partial charge in [-0.3, -0.25) is 9.59 Å². The fourth-order valence-electron chi connectivity index (χ4n) is 3.36. The van der Waals surface area contributed by atoms with E-state index in [9.17, 15) is 22.8 Å². The zero-order chi connectivity index (χ0) is 22.5. The molecule has 2 amide bonds. The quantitative estimate of drug-likeness (QED) is 0.642. The summed E-state index contributed by atoms with van der Waals surface area (Å²) in [6.45, 7) is 7.97. The Morgan fingerprint density at radius 1 is 0.933 bits per heavy atom. The molecule has 0 aliphatic carbocycles. The van der Waals surface area contributed by atoms with Crippen LogP contribution >= 0.6 is 0 Å². The number of alkyl halides is 3. The number of amides is 2. The summed E-state index contributed by atoms with van der Waals surface area (Å²) in [6.07, 6.45) is -4.56. The topological polar surface area (TPSA) is 62.6 Å². The number of nitrogens with one attached hydrogen (secondary N) is 3. The van der Waals surface area contributed by atoms with Gasteiger partial charge in [0.1, 0.15) is 0 Å². The van der Waals surface area contributed by atoms with Crippen molar-refractivity contribution in [2.75, 3.05) is 30.3 Å². The number of anilines is 2. The maximum atomic E-state index is 13.1. The van der Waals surface area contributed by atoms with Gasteiger partial charge in [-0.2, -0.15) is 13.2 Å². The molecule has 0 fully saturated rings. The van der Waals surface area contributed by atoms with Crippen LogP contribution in [0.3, 0.4) is 0 Å². The van der Waals surface area contributed by atoms with Crippen LogP contribution in [0.1, 0.15) is 29.2 Å². The first-order valence-corrected chi connectivity index (χ1v) is 9.68. The van der Waals surface area contributed by atoms with Crippen LogP contribution in [-0.4, -0.2) is 31.4 Å². The minimum Gasteiger partial charge on any atom is -0.321 e. The van der Waals surface area contributed by atoms with Gasteiger partial charge in [0.2, 0.25) is 0 Å². The summed E-state index contributed by atoms with van der Waals surface area (Å²) in [5.74, 6) is -0.843. The zero-order valence-electron chi connectivity index (χ0n) is 17.5. The van der Waals surface area contributed by atoms with Crippen LogP contribution in [0.2, 0.25) is 0 Å². The van der Waals surface area contributed by atoms with E-state index in [2.05, 4.69) is 10.6 Å². The van der Waals surface area contributed by atoms with Crippen molar-refractivity contribution in [3.63, 3.8) is 0 Å². The molecular weight excluding hydrogens is 395 g/mol. The van der Waals surface area contributed by atoms with Gasteiger partial charge in [0.25, 0.3) is 11.8 Å². The Morgan fingerprint density at radius 3 is 2.00 bits per heavy atom. The number of likely N-dealkylation sites (N-methyl/N-ethyl adjacent to an activating group) is 1. The van der Waals surface area contributed by atoms with Gasteiger partial charge in [-0.25, -0.2) is 0 Å². The average Bonchev–Trinajstić information content (AvgIpc) is 2.63. The van der Waals surface area contributed by atoms with E-state index < -0.39 is 17.6 Å². The molecule has 30 heavy (non-hydrogen) atoms. The van der Waals surface area contributed by atoms with Crippen molar-refractivity contribution >= 4 is 23.2 Å². The molecule has 0 saturated heterocycles. The molecule has 8 heteroatoms. The molecule has 0 spiro atoms. The molecule has 0 aromatic heterocycles. The third-order valence-corrected chi connectivity index (χ3v) is 4.77. The third-order valence-electron chi connectivity index (χ3n) is 4.77. The maximum absolute atomic E-state index is 13.1. The number of rotatable bonds is 7. The predicted molar refractivity (Wildman–Crippen MR) is 111 cm³/mol. The van der Waals surface area contributed by atoms with Crippen molar-refractivity contribution in [3.05, 3.63) is 58.7 Å². The second-order valence-corrected chi connectivity index (χ2v) is 7.37. The van der Waals surface area contributed by atoms with Gasteiger partial charge in [0.05, 0.1) is 17.8 Å². The van der Waals surface area contributed by atoms with E-state index in [1.54, 1.807) is 0 Å². The second kappa shape index (κ2) is 9.75. The van der Waals surface area contributed by atoms with Crippen LogP contribution in [0, 0.1) is 20.8 Å². The summed E-state index contributed by atoms with van der Waals surface area (Å²) in [7, 11) is 0. The Hall–Kier alpha value is -2.87. The Morgan fingerprint density at radius 2 is 1.47 bits per heavy atom. The number of para-hydroxylation sites is 1. The van der Waals surface area contributed by atoms with Crippen LogP contribution in [0.5, 0.6) is 0 Å². The van der Waals surface area contributed by atoms with Crippen molar-refractivity contribution in [1.29, 1.82) is 0 Å². The Bertz CT molecular complexity index is 903. The normalized spacial score (nSPS) is 12.4. The van der Waals surface area contributed by atoms with Crippen LogP contribution in [0.25, 0.3) is 0 Å². The Kier molecular flexibility index (Phi) is 7.61. The van der Waals surface area contributed by atoms with Gasteiger partial charge in [-0.1, -0.05) is 29.8 Å². The van der Waals surface area contributed by atoms with E-state index in [0.29, 0.717) is 11.4 Å². The number of carbonyl (C=O) groups is 2. The number of carbonyl (C=O) groups excluding carboxylic acids is 2. The lowest BCUT2D eigenvalue weighted by molar-refractivity contribution is -0.881. The van der Waals surface area contributed by atoms with Crippen molar-refractivity contribution in [2.24, 2.45) is 0 Å². The van der Waals surface area contributed by atoms with Crippen LogP contribution < -0.4 is 15.5 Å². The van der Waals surface area contributed by atoms with Crippen LogP contribution in [0.4, 0.5) is 24.5 Å². The molecule has 5 nitrogen and oxygen atoms in total. The predicted octanol–water partition coefficient (Wildman–Crippen LogP) is 3.11. The van der Waals surface area contributed by atoms with Gasteiger partial charge in [-0.05, 0) is 51.0 Å². The zero-order valence-corrected chi connectivity index (χ0v) is 17.5. The molecule has 2 aromatic rings. The van der Waals surface area contributed by atoms with Crippen LogP contribution in [0.15, 0.2) is 36.4 Å². The van der Waals surface area contributed by atoms with E-state index in [-0.39, 0.29) is 24.7 Å². The lowest BCUT2D eigenvalue weighted by Crippen LogP contribution is -3.13. The van der Waals surface area contributed by atoms with Crippen molar-refractivity contribution in [3.8, 4) is 0 Å². The van der Waals surface area contributed by atoms with Gasteiger partial charge >= 0.3 is 6.18 Å². The summed E-state index contributed by atoms with van der Waals surface area (Å²) in [5.41, 5.74) is 2.53. The summed E-state index contributed by atoms with van der Waals surface area (Å²) in [6, 6.07) is 8.76. The lowest BCUT2D eigenvalue weighted by Gasteiger charge is -2.19. The molecular formula is C22H27F3N3O2+. The van der Waals surface area contributed by atoms with Gasteiger partial charge in [0.15, 0.2) is 13.1 Å². The number of hydrogen-bond acceptors (Lipinski definition) is 2. The molecule has 1 unspecified atom stereocenters. The largest absolute Gasteiger partial charge is 0.418 e. The molecule has 0 aliphatic heterocycles. The third kappa shape index (κ3) is 6.32. The minimum atomic E-state index is -4.56. The van der Waals surface area contributed by atoms with E-state index >= 15 is 0 Å². The first-order chi connectivity index (χ1) is 14.0. The lowest BCUT2D eigenvalue weighted by atomic mass is 10.1. The second-order valence-electron chi connectivity index (χ2n) is 7.37. The fourth-order valence-corrected chi connectivity index (χ4v) is 3.36.